The van der Waals surface area contributed by atoms with E-state index in [0.717, 1.165) is 18.1 Å². The second-order valence-corrected chi connectivity index (χ2v) is 4.57. The molecule has 1 heterocycles. The molecule has 1 aromatic carbocycles. The van der Waals surface area contributed by atoms with E-state index < -0.39 is 18.2 Å². The minimum absolute atomic E-state index is 0.135. The number of carbonyl (C=O) groups is 3. The van der Waals surface area contributed by atoms with Crippen LogP contribution in [-0.4, -0.2) is 42.0 Å². The van der Waals surface area contributed by atoms with Crippen LogP contribution in [0.15, 0.2) is 30.3 Å². The number of nitrogens with zero attached hydrogens (tertiary/aromatic N) is 1. The Morgan fingerprint density at radius 1 is 1.11 bits per heavy atom. The van der Waals surface area contributed by atoms with E-state index in [1.54, 1.807) is 4.90 Å². The molecule has 0 aliphatic carbocycles. The van der Waals surface area contributed by atoms with Crippen LogP contribution in [0.4, 0.5) is 0 Å². The minimum atomic E-state index is -0.640. The summed E-state index contributed by atoms with van der Waals surface area (Å²) in [6, 6.07) is 8.18. The lowest BCUT2D eigenvalue weighted by Crippen LogP contribution is -2.42. The number of benzene rings is 1. The third-order valence-corrected chi connectivity index (χ3v) is 3.54. The number of nitrogens with one attached hydrogen (secondary N) is 1. The van der Waals surface area contributed by atoms with Gasteiger partial charge in [0, 0.05) is 6.04 Å². The average Bonchev–Trinajstić information content (AvgIpc) is 2.84. The molecule has 5 heteroatoms. The molecule has 0 saturated carbocycles. The van der Waals surface area contributed by atoms with Gasteiger partial charge in [-0.15, -0.1) is 0 Å². The van der Waals surface area contributed by atoms with Crippen molar-refractivity contribution >= 4 is 18.9 Å². The van der Waals surface area contributed by atoms with Gasteiger partial charge in [-0.05, 0) is 12.5 Å². The lowest BCUT2D eigenvalue weighted by atomic mass is 10.0. The number of carbonyl (C=O) groups excluding carboxylic acids is 3. The molecule has 100 valence electrons. The van der Waals surface area contributed by atoms with E-state index in [9.17, 15) is 14.4 Å². The number of hydrogen-bond donors (Lipinski definition) is 1. The Morgan fingerprint density at radius 3 is 2.32 bits per heavy atom. The van der Waals surface area contributed by atoms with Crippen LogP contribution in [0.2, 0.25) is 0 Å². The average molecular weight is 260 g/mol. The van der Waals surface area contributed by atoms with Gasteiger partial charge in [-0.3, -0.25) is 10.2 Å². The van der Waals surface area contributed by atoms with Crippen LogP contribution < -0.4 is 5.32 Å². The molecule has 0 amide bonds. The molecule has 3 unspecified atom stereocenters. The van der Waals surface area contributed by atoms with Crippen molar-refractivity contribution < 1.29 is 14.4 Å². The Kier molecular flexibility index (Phi) is 4.19. The maximum atomic E-state index is 11.2. The van der Waals surface area contributed by atoms with Crippen LogP contribution in [0.25, 0.3) is 0 Å². The predicted molar refractivity (Wildman–Crippen MR) is 69.4 cm³/mol. The third-order valence-electron chi connectivity index (χ3n) is 3.54. The summed E-state index contributed by atoms with van der Waals surface area (Å²) in [4.78, 5) is 35.1. The predicted octanol–water partition coefficient (Wildman–Crippen LogP) is 0.313. The molecule has 1 saturated heterocycles. The first-order valence-corrected chi connectivity index (χ1v) is 6.17. The molecule has 0 bridgehead atoms. The summed E-state index contributed by atoms with van der Waals surface area (Å²) < 4.78 is 0. The zero-order chi connectivity index (χ0) is 13.8. The van der Waals surface area contributed by atoms with Gasteiger partial charge in [0.15, 0.2) is 6.29 Å². The highest BCUT2D eigenvalue weighted by molar-refractivity contribution is 5.75. The molecule has 0 spiro atoms. The summed E-state index contributed by atoms with van der Waals surface area (Å²) in [6.07, 6.45) is 1.49. The van der Waals surface area contributed by atoms with E-state index in [1.165, 1.54) is 0 Å². The summed E-state index contributed by atoms with van der Waals surface area (Å²) in [5, 5.41) is 2.85. The van der Waals surface area contributed by atoms with Crippen molar-refractivity contribution in [3.63, 3.8) is 0 Å². The normalized spacial score (nSPS) is 28.8. The van der Waals surface area contributed by atoms with Crippen molar-refractivity contribution in [2.45, 2.75) is 31.2 Å². The molecular formula is C14H16N2O3. The summed E-state index contributed by atoms with van der Waals surface area (Å²) >= 11 is 0. The molecule has 4 atom stereocenters. The van der Waals surface area contributed by atoms with Gasteiger partial charge < -0.3 is 14.4 Å². The van der Waals surface area contributed by atoms with Gasteiger partial charge in [-0.1, -0.05) is 30.3 Å². The van der Waals surface area contributed by atoms with Crippen molar-refractivity contribution in [1.82, 2.24) is 10.2 Å². The summed E-state index contributed by atoms with van der Waals surface area (Å²) in [5.74, 6) is 0. The van der Waals surface area contributed by atoms with E-state index in [1.807, 2.05) is 37.3 Å². The van der Waals surface area contributed by atoms with Crippen molar-refractivity contribution in [1.29, 1.82) is 0 Å². The van der Waals surface area contributed by atoms with Crippen LogP contribution in [-0.2, 0) is 14.4 Å². The van der Waals surface area contributed by atoms with Gasteiger partial charge in [-0.2, -0.15) is 0 Å². The largest absolute Gasteiger partial charge is 0.302 e. The zero-order valence-electron chi connectivity index (χ0n) is 10.6. The van der Waals surface area contributed by atoms with Gasteiger partial charge in [0.1, 0.15) is 18.7 Å². The first kappa shape index (κ1) is 13.6. The second-order valence-electron chi connectivity index (χ2n) is 4.57. The molecule has 5 nitrogen and oxygen atoms in total. The number of hydrogen-bond acceptors (Lipinski definition) is 5. The fourth-order valence-corrected chi connectivity index (χ4v) is 2.54. The first-order chi connectivity index (χ1) is 9.22. The van der Waals surface area contributed by atoms with Crippen LogP contribution in [0.3, 0.4) is 0 Å². The molecule has 0 aromatic heterocycles. The molecule has 1 aliphatic heterocycles. The van der Waals surface area contributed by atoms with Crippen molar-refractivity contribution in [2.75, 3.05) is 0 Å². The lowest BCUT2D eigenvalue weighted by Gasteiger charge is -2.30. The molecule has 1 aromatic rings. The Labute approximate surface area is 111 Å². The van der Waals surface area contributed by atoms with Gasteiger partial charge in [0.2, 0.25) is 0 Å². The summed E-state index contributed by atoms with van der Waals surface area (Å²) in [6.45, 7) is 1.91. The van der Waals surface area contributed by atoms with E-state index in [0.29, 0.717) is 6.29 Å². The minimum Gasteiger partial charge on any atom is -0.302 e. The van der Waals surface area contributed by atoms with E-state index in [-0.39, 0.29) is 6.04 Å². The van der Waals surface area contributed by atoms with E-state index in [2.05, 4.69) is 5.32 Å². The first-order valence-electron chi connectivity index (χ1n) is 6.17. The zero-order valence-corrected chi connectivity index (χ0v) is 10.6. The van der Waals surface area contributed by atoms with Crippen LogP contribution >= 0.6 is 0 Å². The third kappa shape index (κ3) is 2.47. The highest BCUT2D eigenvalue weighted by atomic mass is 16.1. The summed E-state index contributed by atoms with van der Waals surface area (Å²) in [7, 11) is 0. The number of rotatable bonds is 5. The maximum absolute atomic E-state index is 11.2. The number of aldehydes is 3. The lowest BCUT2D eigenvalue weighted by molar-refractivity contribution is -0.118. The quantitative estimate of drug-likeness (QED) is 0.772. The van der Waals surface area contributed by atoms with Crippen molar-refractivity contribution in [3.8, 4) is 0 Å². The molecule has 19 heavy (non-hydrogen) atoms. The fourth-order valence-electron chi connectivity index (χ4n) is 2.54. The van der Waals surface area contributed by atoms with Crippen LogP contribution in [0, 0.1) is 0 Å². The molecule has 1 fully saturated rings. The molecule has 0 radical (unpaired) electrons. The van der Waals surface area contributed by atoms with Gasteiger partial charge in [-0.25, -0.2) is 0 Å². The maximum Gasteiger partial charge on any atom is 0.151 e. The molecule has 1 aliphatic rings. The fraction of sp³-hybridized carbons (Fsp3) is 0.357. The van der Waals surface area contributed by atoms with Crippen LogP contribution in [0.5, 0.6) is 0 Å². The topological polar surface area (TPSA) is 66.5 Å². The molecular weight excluding hydrogens is 244 g/mol. The monoisotopic (exact) mass is 260 g/mol. The van der Waals surface area contributed by atoms with Crippen molar-refractivity contribution in [2.24, 2.45) is 0 Å². The van der Waals surface area contributed by atoms with Gasteiger partial charge >= 0.3 is 0 Å². The Bertz CT molecular complexity index is 463. The smallest absolute Gasteiger partial charge is 0.151 e. The van der Waals surface area contributed by atoms with Gasteiger partial charge in [0.05, 0.1) is 12.1 Å². The molecule has 2 rings (SSSR count). The Balaban J connectivity index is 2.31. The SMILES string of the molecule is C[C@@H](c1ccccc1)N1C(C=O)NC(C=O)C1C=O. The van der Waals surface area contributed by atoms with Crippen LogP contribution in [0.1, 0.15) is 18.5 Å². The second kappa shape index (κ2) is 5.86. The van der Waals surface area contributed by atoms with E-state index >= 15 is 0 Å². The standard InChI is InChI=1S/C14H16N2O3/c1-10(11-5-3-2-4-6-11)16-13(8-18)12(7-17)15-14(16)9-19/h2-10,12-15H,1H3/t10-,12?,13?,14?/m0/s1. The highest BCUT2D eigenvalue weighted by Crippen LogP contribution is 2.27. The highest BCUT2D eigenvalue weighted by Gasteiger charge is 2.43. The molecule has 1 N–H and O–H groups in total. The van der Waals surface area contributed by atoms with Crippen molar-refractivity contribution in [3.05, 3.63) is 35.9 Å². The Hall–Kier alpha value is -1.85. The summed E-state index contributed by atoms with van der Waals surface area (Å²) in [5.41, 5.74) is 0.995. The van der Waals surface area contributed by atoms with Gasteiger partial charge in [0.25, 0.3) is 0 Å². The van der Waals surface area contributed by atoms with E-state index in [4.69, 9.17) is 0 Å². The Morgan fingerprint density at radius 2 is 1.79 bits per heavy atom.